The SMILES string of the molecule is CNCC1CCCCN1C(=O)C1CCCCC1C(F)(F)F. The number of halogens is 3. The first kappa shape index (κ1) is 16.6. The van der Waals surface area contributed by atoms with Crippen molar-refractivity contribution < 1.29 is 18.0 Å². The van der Waals surface area contributed by atoms with Crippen molar-refractivity contribution in [3.63, 3.8) is 0 Å². The van der Waals surface area contributed by atoms with Gasteiger partial charge in [0.2, 0.25) is 5.91 Å². The van der Waals surface area contributed by atoms with Gasteiger partial charge in [-0.2, -0.15) is 13.2 Å². The van der Waals surface area contributed by atoms with Crippen molar-refractivity contribution in [2.45, 2.75) is 57.2 Å². The zero-order chi connectivity index (χ0) is 15.5. The van der Waals surface area contributed by atoms with Crippen LogP contribution in [0.25, 0.3) is 0 Å². The highest BCUT2D eigenvalue weighted by molar-refractivity contribution is 5.79. The number of carbonyl (C=O) groups is 1. The summed E-state index contributed by atoms with van der Waals surface area (Å²) in [7, 11) is 1.82. The Labute approximate surface area is 124 Å². The summed E-state index contributed by atoms with van der Waals surface area (Å²) in [6, 6.07) is 0.0482. The van der Waals surface area contributed by atoms with Gasteiger partial charge < -0.3 is 10.2 Å². The lowest BCUT2D eigenvalue weighted by Gasteiger charge is -2.41. The molecule has 1 aliphatic carbocycles. The highest BCUT2D eigenvalue weighted by atomic mass is 19.4. The van der Waals surface area contributed by atoms with Gasteiger partial charge in [-0.25, -0.2) is 0 Å². The molecule has 0 aromatic carbocycles. The Hall–Kier alpha value is -0.780. The van der Waals surface area contributed by atoms with E-state index in [0.29, 0.717) is 25.9 Å². The molecule has 21 heavy (non-hydrogen) atoms. The van der Waals surface area contributed by atoms with Crippen molar-refractivity contribution in [2.75, 3.05) is 20.1 Å². The van der Waals surface area contributed by atoms with Crippen LogP contribution < -0.4 is 5.32 Å². The van der Waals surface area contributed by atoms with E-state index in [1.165, 1.54) is 0 Å². The topological polar surface area (TPSA) is 32.3 Å². The van der Waals surface area contributed by atoms with Crippen molar-refractivity contribution in [2.24, 2.45) is 11.8 Å². The second-order valence-corrected chi connectivity index (χ2v) is 6.28. The first-order chi connectivity index (χ1) is 9.95. The number of carbonyl (C=O) groups excluding carboxylic acids is 1. The molecule has 0 aromatic heterocycles. The van der Waals surface area contributed by atoms with Gasteiger partial charge in [-0.05, 0) is 39.2 Å². The second kappa shape index (κ2) is 6.99. The van der Waals surface area contributed by atoms with Crippen LogP contribution in [0.15, 0.2) is 0 Å². The Morgan fingerprint density at radius 2 is 1.81 bits per heavy atom. The van der Waals surface area contributed by atoms with Gasteiger partial charge in [0, 0.05) is 25.0 Å². The molecule has 0 bridgehead atoms. The lowest BCUT2D eigenvalue weighted by atomic mass is 9.77. The summed E-state index contributed by atoms with van der Waals surface area (Å²) in [5, 5.41) is 3.05. The summed E-state index contributed by atoms with van der Waals surface area (Å²) in [6.07, 6.45) is 0.363. The van der Waals surface area contributed by atoms with Crippen molar-refractivity contribution in [1.29, 1.82) is 0 Å². The number of likely N-dealkylation sites (N-methyl/N-ethyl adjacent to an activating group) is 1. The molecule has 3 unspecified atom stereocenters. The number of piperidine rings is 1. The van der Waals surface area contributed by atoms with Gasteiger partial charge in [-0.3, -0.25) is 4.79 Å². The normalized spacial score (nSPS) is 31.2. The monoisotopic (exact) mass is 306 g/mol. The second-order valence-electron chi connectivity index (χ2n) is 6.28. The molecule has 0 spiro atoms. The third kappa shape index (κ3) is 3.90. The summed E-state index contributed by atoms with van der Waals surface area (Å²) < 4.78 is 39.5. The first-order valence-corrected chi connectivity index (χ1v) is 7.97. The predicted molar refractivity (Wildman–Crippen MR) is 74.8 cm³/mol. The molecule has 1 heterocycles. The minimum absolute atomic E-state index is 0.0482. The molecule has 1 saturated carbocycles. The molecular formula is C15H25F3N2O. The maximum absolute atomic E-state index is 13.2. The van der Waals surface area contributed by atoms with Gasteiger partial charge in [0.15, 0.2) is 0 Å². The van der Waals surface area contributed by atoms with E-state index in [-0.39, 0.29) is 18.4 Å². The Balaban J connectivity index is 2.11. The van der Waals surface area contributed by atoms with Gasteiger partial charge in [-0.15, -0.1) is 0 Å². The predicted octanol–water partition coefficient (Wildman–Crippen LogP) is 2.96. The number of hydrogen-bond donors (Lipinski definition) is 1. The quantitative estimate of drug-likeness (QED) is 0.869. The van der Waals surface area contributed by atoms with Gasteiger partial charge in [0.25, 0.3) is 0 Å². The highest BCUT2D eigenvalue weighted by Crippen LogP contribution is 2.42. The fourth-order valence-corrected chi connectivity index (χ4v) is 3.77. The molecule has 1 N–H and O–H groups in total. The van der Waals surface area contributed by atoms with Crippen LogP contribution in [-0.2, 0) is 4.79 Å². The molecule has 6 heteroatoms. The average molecular weight is 306 g/mol. The number of rotatable bonds is 3. The number of nitrogens with one attached hydrogen (secondary N) is 1. The first-order valence-electron chi connectivity index (χ1n) is 7.97. The molecule has 0 aromatic rings. The van der Waals surface area contributed by atoms with E-state index in [2.05, 4.69) is 5.32 Å². The lowest BCUT2D eigenvalue weighted by Crippen LogP contribution is -2.52. The van der Waals surface area contributed by atoms with Crippen molar-refractivity contribution in [3.05, 3.63) is 0 Å². The Kier molecular flexibility index (Phi) is 5.52. The van der Waals surface area contributed by atoms with Crippen LogP contribution in [0.5, 0.6) is 0 Å². The molecule has 1 amide bonds. The molecule has 2 aliphatic rings. The molecule has 1 aliphatic heterocycles. The fourth-order valence-electron chi connectivity index (χ4n) is 3.77. The van der Waals surface area contributed by atoms with Crippen LogP contribution in [-0.4, -0.2) is 43.2 Å². The highest BCUT2D eigenvalue weighted by Gasteiger charge is 2.49. The molecule has 3 nitrogen and oxygen atoms in total. The number of hydrogen-bond acceptors (Lipinski definition) is 2. The Morgan fingerprint density at radius 3 is 2.48 bits per heavy atom. The maximum atomic E-state index is 13.2. The van der Waals surface area contributed by atoms with Crippen molar-refractivity contribution in [1.82, 2.24) is 10.2 Å². The molecule has 2 fully saturated rings. The van der Waals surface area contributed by atoms with Gasteiger partial charge in [0.1, 0.15) is 0 Å². The van der Waals surface area contributed by atoms with E-state index >= 15 is 0 Å². The molecule has 122 valence electrons. The van der Waals surface area contributed by atoms with E-state index in [1.54, 1.807) is 4.90 Å². The number of alkyl halides is 3. The standard InChI is InChI=1S/C15H25F3N2O/c1-19-10-11-6-4-5-9-20(11)14(21)12-7-2-3-8-13(12)15(16,17)18/h11-13,19H,2-10H2,1H3. The van der Waals surface area contributed by atoms with E-state index in [9.17, 15) is 18.0 Å². The summed E-state index contributed by atoms with van der Waals surface area (Å²) in [5.74, 6) is -2.58. The Bertz CT molecular complexity index is 357. The molecule has 0 radical (unpaired) electrons. The minimum Gasteiger partial charge on any atom is -0.338 e. The summed E-state index contributed by atoms with van der Waals surface area (Å²) in [5.41, 5.74) is 0. The third-order valence-corrected chi connectivity index (χ3v) is 4.85. The zero-order valence-electron chi connectivity index (χ0n) is 12.6. The van der Waals surface area contributed by atoms with Crippen LogP contribution in [0, 0.1) is 11.8 Å². The average Bonchev–Trinajstić information content (AvgIpc) is 2.46. The van der Waals surface area contributed by atoms with E-state index < -0.39 is 18.0 Å². The van der Waals surface area contributed by atoms with Crippen molar-refractivity contribution >= 4 is 5.91 Å². The van der Waals surface area contributed by atoms with Crippen LogP contribution >= 0.6 is 0 Å². The van der Waals surface area contributed by atoms with Crippen LogP contribution in [0.1, 0.15) is 44.9 Å². The van der Waals surface area contributed by atoms with E-state index in [1.807, 2.05) is 7.05 Å². The van der Waals surface area contributed by atoms with Crippen LogP contribution in [0.3, 0.4) is 0 Å². The largest absolute Gasteiger partial charge is 0.392 e. The molecule has 2 rings (SSSR count). The number of nitrogens with zero attached hydrogens (tertiary/aromatic N) is 1. The zero-order valence-corrected chi connectivity index (χ0v) is 12.6. The summed E-state index contributed by atoms with van der Waals surface area (Å²) in [4.78, 5) is 14.4. The fraction of sp³-hybridized carbons (Fsp3) is 0.933. The summed E-state index contributed by atoms with van der Waals surface area (Å²) >= 11 is 0. The van der Waals surface area contributed by atoms with E-state index in [0.717, 1.165) is 25.7 Å². The smallest absolute Gasteiger partial charge is 0.338 e. The van der Waals surface area contributed by atoms with Gasteiger partial charge >= 0.3 is 6.18 Å². The van der Waals surface area contributed by atoms with E-state index in [4.69, 9.17) is 0 Å². The van der Waals surface area contributed by atoms with Crippen LogP contribution in [0.2, 0.25) is 0 Å². The minimum atomic E-state index is -4.25. The van der Waals surface area contributed by atoms with Gasteiger partial charge in [-0.1, -0.05) is 12.8 Å². The lowest BCUT2D eigenvalue weighted by molar-refractivity contribution is -0.201. The van der Waals surface area contributed by atoms with Crippen LogP contribution in [0.4, 0.5) is 13.2 Å². The summed E-state index contributed by atoms with van der Waals surface area (Å²) in [6.45, 7) is 1.27. The molecule has 3 atom stereocenters. The molecule has 1 saturated heterocycles. The number of amides is 1. The Morgan fingerprint density at radius 1 is 1.14 bits per heavy atom. The number of likely N-dealkylation sites (tertiary alicyclic amines) is 1. The van der Waals surface area contributed by atoms with Crippen molar-refractivity contribution in [3.8, 4) is 0 Å². The third-order valence-electron chi connectivity index (χ3n) is 4.85. The molecular weight excluding hydrogens is 281 g/mol. The maximum Gasteiger partial charge on any atom is 0.392 e. The van der Waals surface area contributed by atoms with Gasteiger partial charge in [0.05, 0.1) is 5.92 Å².